The van der Waals surface area contributed by atoms with Gasteiger partial charge in [0.05, 0.1) is 5.69 Å². The monoisotopic (exact) mass is 629 g/mol. The van der Waals surface area contributed by atoms with Crippen LogP contribution >= 0.6 is 11.8 Å². The first-order chi connectivity index (χ1) is 21.1. The van der Waals surface area contributed by atoms with Crippen LogP contribution in [0.15, 0.2) is 30.5 Å². The number of benzene rings is 1. The van der Waals surface area contributed by atoms with Crippen LogP contribution in [0, 0.1) is 17.7 Å². The number of carbonyl (C=O) groups is 4. The van der Waals surface area contributed by atoms with Crippen LogP contribution in [0.4, 0.5) is 15.8 Å². The van der Waals surface area contributed by atoms with E-state index < -0.39 is 29.8 Å². The third kappa shape index (κ3) is 8.10. The molecular formula is C31H44FN7O4S. The van der Waals surface area contributed by atoms with Gasteiger partial charge in [-0.15, -0.1) is 0 Å². The Hall–Kier alpha value is -3.61. The zero-order valence-electron chi connectivity index (χ0n) is 26.0. The van der Waals surface area contributed by atoms with E-state index in [1.54, 1.807) is 53.6 Å². The van der Waals surface area contributed by atoms with E-state index >= 15 is 4.39 Å². The summed E-state index contributed by atoms with van der Waals surface area (Å²) in [6, 6.07) is 5.02. The number of nitrogens with zero attached hydrogens (tertiary/aromatic N) is 4. The van der Waals surface area contributed by atoms with Crippen LogP contribution in [0.2, 0.25) is 0 Å². The van der Waals surface area contributed by atoms with Gasteiger partial charge in [-0.05, 0) is 55.9 Å². The minimum Gasteiger partial charge on any atom is -0.346 e. The molecule has 0 unspecified atom stereocenters. The van der Waals surface area contributed by atoms with Gasteiger partial charge in [0.1, 0.15) is 17.6 Å². The molecule has 0 spiro atoms. The van der Waals surface area contributed by atoms with Crippen LogP contribution in [0.1, 0.15) is 63.4 Å². The molecule has 1 aromatic carbocycles. The maximum Gasteiger partial charge on any atom is 0.270 e. The Bertz CT molecular complexity index is 1320. The lowest BCUT2D eigenvalue weighted by atomic mass is 9.79. The average molecular weight is 630 g/mol. The Morgan fingerprint density at radius 2 is 1.77 bits per heavy atom. The topological polar surface area (TPSA) is 129 Å². The summed E-state index contributed by atoms with van der Waals surface area (Å²) in [6.45, 7) is 7.41. The summed E-state index contributed by atoms with van der Waals surface area (Å²) in [6.07, 6.45) is 4.16. The highest BCUT2D eigenvalue weighted by atomic mass is 32.2. The van der Waals surface area contributed by atoms with E-state index in [9.17, 15) is 19.2 Å². The molecule has 1 aromatic heterocycles. The van der Waals surface area contributed by atoms with E-state index in [-0.39, 0.29) is 29.8 Å². The van der Waals surface area contributed by atoms with Crippen LogP contribution in [0.5, 0.6) is 0 Å². The van der Waals surface area contributed by atoms with E-state index in [1.807, 2.05) is 6.92 Å². The number of nitrogens with one attached hydrogen (secondary N) is 3. The normalized spacial score (nSPS) is 19.9. The lowest BCUT2D eigenvalue weighted by Crippen LogP contribution is -2.58. The van der Waals surface area contributed by atoms with E-state index in [0.29, 0.717) is 36.9 Å². The molecule has 44 heavy (non-hydrogen) atoms. The fraction of sp³-hybridized carbons (Fsp3) is 0.581. The molecule has 0 bridgehead atoms. The fourth-order valence-electron chi connectivity index (χ4n) is 5.73. The van der Waals surface area contributed by atoms with Crippen molar-refractivity contribution in [1.82, 2.24) is 25.3 Å². The lowest BCUT2D eigenvalue weighted by molar-refractivity contribution is -0.136. The molecule has 1 aliphatic heterocycles. The minimum atomic E-state index is -1.00. The van der Waals surface area contributed by atoms with Gasteiger partial charge in [-0.3, -0.25) is 23.9 Å². The van der Waals surface area contributed by atoms with Gasteiger partial charge in [-0.1, -0.05) is 26.7 Å². The lowest BCUT2D eigenvalue weighted by Gasteiger charge is -2.35. The highest BCUT2D eigenvalue weighted by Gasteiger charge is 2.34. The van der Waals surface area contributed by atoms with Crippen LogP contribution in [0.3, 0.4) is 0 Å². The zero-order valence-corrected chi connectivity index (χ0v) is 26.8. The molecule has 0 radical (unpaired) electrons. The standard InChI is InChI=1S/C31H44FN7O4S/c1-5-26(40)35-28(31(43)38-15-17-44-18-16-38)37(4)22-11-12-24(23(32)19-22)34-30(42)27(21-9-7-20(3)8-10-21)36-29(41)25-13-14-33-39(25)6-2/h11-14,19-21,27-28H,5-10,15-18H2,1-4H3,(H,34,42)(H,35,40)(H,36,41)/t20?,21?,27-,28+/m0/s1. The second-order valence-electron chi connectivity index (χ2n) is 11.5. The number of carbonyl (C=O) groups excluding carboxylic acids is 4. The summed E-state index contributed by atoms with van der Waals surface area (Å²) >= 11 is 1.77. The third-order valence-corrected chi connectivity index (χ3v) is 9.47. The highest BCUT2D eigenvalue weighted by molar-refractivity contribution is 7.99. The number of rotatable bonds is 11. The molecular weight excluding hydrogens is 585 g/mol. The summed E-state index contributed by atoms with van der Waals surface area (Å²) in [5.74, 6) is -0.0618. The van der Waals surface area contributed by atoms with Gasteiger partial charge < -0.3 is 25.8 Å². The molecule has 2 heterocycles. The van der Waals surface area contributed by atoms with Crippen LogP contribution in [-0.2, 0) is 20.9 Å². The number of hydrogen-bond acceptors (Lipinski definition) is 7. The van der Waals surface area contributed by atoms with Gasteiger partial charge in [-0.25, -0.2) is 4.39 Å². The van der Waals surface area contributed by atoms with Crippen molar-refractivity contribution in [2.75, 3.05) is 41.9 Å². The van der Waals surface area contributed by atoms with Crippen LogP contribution < -0.4 is 20.9 Å². The quantitative estimate of drug-likeness (QED) is 0.325. The Balaban J connectivity index is 1.52. The van der Waals surface area contributed by atoms with Gasteiger partial charge in [0, 0.05) is 56.5 Å². The summed E-state index contributed by atoms with van der Waals surface area (Å²) in [4.78, 5) is 55.8. The Labute approximate surface area is 262 Å². The van der Waals surface area contributed by atoms with Crippen molar-refractivity contribution in [1.29, 1.82) is 0 Å². The number of anilines is 2. The maximum atomic E-state index is 15.5. The number of amides is 4. The predicted molar refractivity (Wildman–Crippen MR) is 170 cm³/mol. The Morgan fingerprint density at radius 1 is 1.07 bits per heavy atom. The van der Waals surface area contributed by atoms with Gasteiger partial charge in [-0.2, -0.15) is 16.9 Å². The van der Waals surface area contributed by atoms with E-state index in [0.717, 1.165) is 37.2 Å². The van der Waals surface area contributed by atoms with Crippen molar-refractivity contribution in [2.24, 2.45) is 11.8 Å². The molecule has 2 atom stereocenters. The fourth-order valence-corrected chi connectivity index (χ4v) is 6.63. The molecule has 2 aliphatic rings. The first-order valence-electron chi connectivity index (χ1n) is 15.4. The van der Waals surface area contributed by atoms with Gasteiger partial charge in [0.2, 0.25) is 11.8 Å². The molecule has 1 saturated carbocycles. The summed E-state index contributed by atoms with van der Waals surface area (Å²) in [7, 11) is 1.63. The number of likely N-dealkylation sites (N-methyl/N-ethyl adjacent to an activating group) is 1. The number of thioether (sulfide) groups is 1. The average Bonchev–Trinajstić information content (AvgIpc) is 3.53. The molecule has 1 aliphatic carbocycles. The maximum absolute atomic E-state index is 15.5. The molecule has 4 amide bonds. The number of hydrogen-bond donors (Lipinski definition) is 3. The summed E-state index contributed by atoms with van der Waals surface area (Å²) < 4.78 is 17.1. The number of halogens is 1. The van der Waals surface area contributed by atoms with Crippen LogP contribution in [-0.4, -0.2) is 82.2 Å². The second kappa shape index (κ2) is 15.4. The van der Waals surface area contributed by atoms with E-state index in [4.69, 9.17) is 0 Å². The van der Waals surface area contributed by atoms with Crippen molar-refractivity contribution >= 4 is 46.8 Å². The molecule has 1 saturated heterocycles. The summed E-state index contributed by atoms with van der Waals surface area (Å²) in [5, 5.41) is 12.5. The Morgan fingerprint density at radius 3 is 2.41 bits per heavy atom. The SMILES string of the molecule is CCC(=O)N[C@@H](C(=O)N1CCSCC1)N(C)c1ccc(NC(=O)[C@@H](NC(=O)c2ccnn2CC)C2CCC(C)CC2)c(F)c1. The van der Waals surface area contributed by atoms with Gasteiger partial charge >= 0.3 is 0 Å². The molecule has 240 valence electrons. The molecule has 2 aromatic rings. The molecule has 4 rings (SSSR count). The van der Waals surface area contributed by atoms with Crippen molar-refractivity contribution in [2.45, 2.75) is 71.6 Å². The van der Waals surface area contributed by atoms with E-state index in [2.05, 4.69) is 28.0 Å². The number of aryl methyl sites for hydroxylation is 1. The zero-order chi connectivity index (χ0) is 31.8. The van der Waals surface area contributed by atoms with Crippen LogP contribution in [0.25, 0.3) is 0 Å². The van der Waals surface area contributed by atoms with Gasteiger partial charge in [0.25, 0.3) is 11.8 Å². The third-order valence-electron chi connectivity index (χ3n) is 8.53. The molecule has 11 nitrogen and oxygen atoms in total. The van der Waals surface area contributed by atoms with Crippen molar-refractivity contribution in [3.63, 3.8) is 0 Å². The smallest absolute Gasteiger partial charge is 0.270 e. The minimum absolute atomic E-state index is 0.0392. The van der Waals surface area contributed by atoms with E-state index in [1.165, 1.54) is 17.0 Å². The van der Waals surface area contributed by atoms with Crippen molar-refractivity contribution < 1.29 is 23.6 Å². The second-order valence-corrected chi connectivity index (χ2v) is 12.8. The summed E-state index contributed by atoms with van der Waals surface area (Å²) in [5.41, 5.74) is 0.680. The highest BCUT2D eigenvalue weighted by Crippen LogP contribution is 2.32. The first-order valence-corrected chi connectivity index (χ1v) is 16.6. The number of aromatic nitrogens is 2. The predicted octanol–water partition coefficient (Wildman–Crippen LogP) is 3.47. The van der Waals surface area contributed by atoms with Gasteiger partial charge in [0.15, 0.2) is 6.17 Å². The molecule has 13 heteroatoms. The molecule has 2 fully saturated rings. The largest absolute Gasteiger partial charge is 0.346 e. The van der Waals surface area contributed by atoms with Crippen molar-refractivity contribution in [3.05, 3.63) is 42.0 Å². The molecule has 3 N–H and O–H groups in total. The Kier molecular flexibility index (Phi) is 11.7. The van der Waals surface area contributed by atoms with Crippen molar-refractivity contribution in [3.8, 4) is 0 Å². The first kappa shape index (κ1) is 33.3.